The number of amides is 1. The smallest absolute Gasteiger partial charge is 0.226 e. The van der Waals surface area contributed by atoms with E-state index in [-0.39, 0.29) is 5.92 Å². The van der Waals surface area contributed by atoms with Crippen LogP contribution in [-0.4, -0.2) is 85.7 Å². The molecule has 1 aromatic rings. The minimum atomic E-state index is 0.183. The van der Waals surface area contributed by atoms with E-state index in [0.717, 1.165) is 58.4 Å². The summed E-state index contributed by atoms with van der Waals surface area (Å²) in [6.45, 7) is 7.25. The Kier molecular flexibility index (Phi) is 7.80. The summed E-state index contributed by atoms with van der Waals surface area (Å²) in [6.07, 6.45) is 7.81. The van der Waals surface area contributed by atoms with Crippen molar-refractivity contribution in [3.63, 3.8) is 0 Å². The molecule has 0 spiro atoms. The van der Waals surface area contributed by atoms with Crippen LogP contribution in [0.4, 0.5) is 0 Å². The standard InChI is InChI=1S/C25H39N3O2/c1-26(23-12-18-30-19-13-23)25(29)22-8-5-14-28(20-22)24-10-16-27(17-11-24)15-9-21-6-3-2-4-7-21/h2-4,6-7,22-24H,5,8-20H2,1H3/t22-/m1/s1. The van der Waals surface area contributed by atoms with E-state index in [9.17, 15) is 4.79 Å². The van der Waals surface area contributed by atoms with Gasteiger partial charge in [0, 0.05) is 45.4 Å². The van der Waals surface area contributed by atoms with Gasteiger partial charge in [-0.3, -0.25) is 9.69 Å². The molecule has 3 aliphatic rings. The maximum Gasteiger partial charge on any atom is 0.226 e. The van der Waals surface area contributed by atoms with Crippen molar-refractivity contribution in [2.24, 2.45) is 5.92 Å². The fraction of sp³-hybridized carbons (Fsp3) is 0.720. The van der Waals surface area contributed by atoms with Crippen molar-refractivity contribution in [1.82, 2.24) is 14.7 Å². The molecule has 1 aromatic carbocycles. The second-order valence-corrected chi connectivity index (χ2v) is 9.44. The lowest BCUT2D eigenvalue weighted by Gasteiger charge is -2.43. The summed E-state index contributed by atoms with van der Waals surface area (Å²) in [5.41, 5.74) is 1.44. The normalized spacial score (nSPS) is 25.3. The van der Waals surface area contributed by atoms with Gasteiger partial charge in [-0.2, -0.15) is 0 Å². The Bertz CT molecular complexity index is 654. The summed E-state index contributed by atoms with van der Waals surface area (Å²) in [7, 11) is 2.02. The van der Waals surface area contributed by atoms with E-state index in [0.29, 0.717) is 18.0 Å². The van der Waals surface area contributed by atoms with Gasteiger partial charge in [-0.1, -0.05) is 30.3 Å². The first kappa shape index (κ1) is 21.8. The van der Waals surface area contributed by atoms with E-state index in [1.807, 2.05) is 11.9 Å². The molecule has 0 aliphatic carbocycles. The van der Waals surface area contributed by atoms with Gasteiger partial charge in [0.15, 0.2) is 0 Å². The Morgan fingerprint density at radius 3 is 2.50 bits per heavy atom. The molecule has 3 aliphatic heterocycles. The second-order valence-electron chi connectivity index (χ2n) is 9.44. The SMILES string of the molecule is CN(C(=O)[C@@H]1CCCN(C2CCN(CCc3ccccc3)CC2)C1)C1CCOCC1. The van der Waals surface area contributed by atoms with E-state index in [2.05, 4.69) is 40.1 Å². The van der Waals surface area contributed by atoms with Gasteiger partial charge in [-0.05, 0) is 70.1 Å². The summed E-state index contributed by atoms with van der Waals surface area (Å²) in [6, 6.07) is 11.8. The molecule has 5 heteroatoms. The Morgan fingerprint density at radius 1 is 1.03 bits per heavy atom. The number of carbonyl (C=O) groups is 1. The highest BCUT2D eigenvalue weighted by molar-refractivity contribution is 5.79. The first-order valence-electron chi connectivity index (χ1n) is 12.1. The molecule has 3 heterocycles. The highest BCUT2D eigenvalue weighted by atomic mass is 16.5. The van der Waals surface area contributed by atoms with Crippen molar-refractivity contribution in [1.29, 1.82) is 0 Å². The van der Waals surface area contributed by atoms with Crippen molar-refractivity contribution in [3.05, 3.63) is 35.9 Å². The summed E-state index contributed by atoms with van der Waals surface area (Å²) in [5.74, 6) is 0.551. The van der Waals surface area contributed by atoms with E-state index in [1.165, 1.54) is 38.0 Å². The second kappa shape index (κ2) is 10.7. The first-order chi connectivity index (χ1) is 14.7. The Balaban J connectivity index is 1.22. The van der Waals surface area contributed by atoms with Crippen molar-refractivity contribution >= 4 is 5.91 Å². The predicted molar refractivity (Wildman–Crippen MR) is 121 cm³/mol. The van der Waals surface area contributed by atoms with Gasteiger partial charge in [-0.15, -0.1) is 0 Å². The van der Waals surface area contributed by atoms with Crippen LogP contribution in [0.1, 0.15) is 44.1 Å². The molecule has 0 radical (unpaired) electrons. The number of hydrogen-bond acceptors (Lipinski definition) is 4. The van der Waals surface area contributed by atoms with Gasteiger partial charge in [0.05, 0.1) is 5.92 Å². The minimum Gasteiger partial charge on any atom is -0.381 e. The third kappa shape index (κ3) is 5.63. The molecular weight excluding hydrogens is 374 g/mol. The van der Waals surface area contributed by atoms with Crippen molar-refractivity contribution in [2.45, 2.75) is 57.0 Å². The van der Waals surface area contributed by atoms with Crippen LogP contribution in [0, 0.1) is 5.92 Å². The number of ether oxygens (including phenoxy) is 1. The molecule has 3 fully saturated rings. The van der Waals surface area contributed by atoms with Gasteiger partial charge >= 0.3 is 0 Å². The molecule has 5 nitrogen and oxygen atoms in total. The largest absolute Gasteiger partial charge is 0.381 e. The van der Waals surface area contributed by atoms with Gasteiger partial charge < -0.3 is 14.5 Å². The van der Waals surface area contributed by atoms with Crippen LogP contribution >= 0.6 is 0 Å². The Morgan fingerprint density at radius 2 is 1.77 bits per heavy atom. The van der Waals surface area contributed by atoms with Crippen LogP contribution in [0.3, 0.4) is 0 Å². The average Bonchev–Trinajstić information content (AvgIpc) is 2.83. The zero-order chi connectivity index (χ0) is 20.8. The highest BCUT2D eigenvalue weighted by Crippen LogP contribution is 2.26. The summed E-state index contributed by atoms with van der Waals surface area (Å²) >= 11 is 0. The molecule has 0 saturated carbocycles. The first-order valence-corrected chi connectivity index (χ1v) is 12.1. The summed E-state index contributed by atoms with van der Waals surface area (Å²) in [5, 5.41) is 0. The van der Waals surface area contributed by atoms with Crippen molar-refractivity contribution in [3.8, 4) is 0 Å². The van der Waals surface area contributed by atoms with Gasteiger partial charge in [-0.25, -0.2) is 0 Å². The topological polar surface area (TPSA) is 36.0 Å². The fourth-order valence-corrected chi connectivity index (χ4v) is 5.52. The highest BCUT2D eigenvalue weighted by Gasteiger charge is 2.34. The molecule has 166 valence electrons. The molecule has 1 atom stereocenters. The zero-order valence-corrected chi connectivity index (χ0v) is 18.7. The van der Waals surface area contributed by atoms with Crippen LogP contribution in [0.5, 0.6) is 0 Å². The molecule has 0 bridgehead atoms. The third-order valence-electron chi connectivity index (χ3n) is 7.52. The lowest BCUT2D eigenvalue weighted by Crippen LogP contribution is -2.52. The molecule has 1 amide bonds. The van der Waals surface area contributed by atoms with Crippen LogP contribution in [0.2, 0.25) is 0 Å². The van der Waals surface area contributed by atoms with Crippen LogP contribution < -0.4 is 0 Å². The minimum absolute atomic E-state index is 0.183. The number of likely N-dealkylation sites (tertiary alicyclic amines) is 2. The average molecular weight is 414 g/mol. The lowest BCUT2D eigenvalue weighted by molar-refractivity contribution is -0.140. The Hall–Kier alpha value is -1.43. The van der Waals surface area contributed by atoms with E-state index in [1.54, 1.807) is 0 Å². The van der Waals surface area contributed by atoms with Gasteiger partial charge in [0.2, 0.25) is 5.91 Å². The van der Waals surface area contributed by atoms with Gasteiger partial charge in [0.1, 0.15) is 0 Å². The Labute approximate surface area is 182 Å². The van der Waals surface area contributed by atoms with E-state index >= 15 is 0 Å². The van der Waals surface area contributed by atoms with E-state index in [4.69, 9.17) is 4.74 Å². The van der Waals surface area contributed by atoms with Crippen LogP contribution in [0.25, 0.3) is 0 Å². The number of hydrogen-bond donors (Lipinski definition) is 0. The zero-order valence-electron chi connectivity index (χ0n) is 18.7. The van der Waals surface area contributed by atoms with Crippen molar-refractivity contribution < 1.29 is 9.53 Å². The maximum absolute atomic E-state index is 13.1. The summed E-state index contributed by atoms with van der Waals surface area (Å²) < 4.78 is 5.47. The van der Waals surface area contributed by atoms with Crippen LogP contribution in [0.15, 0.2) is 30.3 Å². The van der Waals surface area contributed by atoms with Gasteiger partial charge in [0.25, 0.3) is 0 Å². The predicted octanol–water partition coefficient (Wildman–Crippen LogP) is 3.04. The number of carbonyl (C=O) groups excluding carboxylic acids is 1. The lowest BCUT2D eigenvalue weighted by atomic mass is 9.92. The third-order valence-corrected chi connectivity index (χ3v) is 7.52. The number of benzene rings is 1. The number of piperidine rings is 2. The molecule has 30 heavy (non-hydrogen) atoms. The molecule has 0 unspecified atom stereocenters. The number of nitrogens with zero attached hydrogens (tertiary/aromatic N) is 3. The maximum atomic E-state index is 13.1. The summed E-state index contributed by atoms with van der Waals surface area (Å²) in [4.78, 5) is 20.4. The molecule has 0 aromatic heterocycles. The molecule has 3 saturated heterocycles. The fourth-order valence-electron chi connectivity index (χ4n) is 5.52. The molecular formula is C25H39N3O2. The quantitative estimate of drug-likeness (QED) is 0.718. The van der Waals surface area contributed by atoms with Crippen molar-refractivity contribution in [2.75, 3.05) is 53.0 Å². The number of rotatable bonds is 6. The molecule has 0 N–H and O–H groups in total. The van der Waals surface area contributed by atoms with Crippen LogP contribution in [-0.2, 0) is 16.0 Å². The van der Waals surface area contributed by atoms with E-state index < -0.39 is 0 Å². The molecule has 4 rings (SSSR count). The monoisotopic (exact) mass is 413 g/mol.